The summed E-state index contributed by atoms with van der Waals surface area (Å²) in [5, 5.41) is 3.80. The summed E-state index contributed by atoms with van der Waals surface area (Å²) in [5.74, 6) is 0.621. The molecule has 1 heterocycles. The first-order valence-corrected chi connectivity index (χ1v) is 6.19. The first-order chi connectivity index (χ1) is 8.22. The second-order valence-electron chi connectivity index (χ2n) is 4.11. The molecule has 0 unspecified atom stereocenters. The smallest absolute Gasteiger partial charge is 0.237 e. The number of nitrogens with zero attached hydrogens (tertiary/aromatic N) is 1. The number of aromatic nitrogens is 1. The molecule has 0 amide bonds. The molecule has 0 aromatic carbocycles. The number of methoxy groups -OCH3 is 1. The van der Waals surface area contributed by atoms with E-state index in [0.717, 1.165) is 25.1 Å². The van der Waals surface area contributed by atoms with Gasteiger partial charge in [-0.3, -0.25) is 0 Å². The molecule has 1 fully saturated rings. The Morgan fingerprint density at radius 3 is 2.88 bits per heavy atom. The molecule has 1 saturated carbocycles. The van der Waals surface area contributed by atoms with Gasteiger partial charge in [-0.25, -0.2) is 4.98 Å². The van der Waals surface area contributed by atoms with E-state index >= 15 is 0 Å². The quantitative estimate of drug-likeness (QED) is 0.880. The lowest BCUT2D eigenvalue weighted by atomic mass is 9.92. The van der Waals surface area contributed by atoms with Crippen molar-refractivity contribution in [2.24, 2.45) is 0 Å². The van der Waals surface area contributed by atoms with Crippen molar-refractivity contribution in [3.05, 3.63) is 17.3 Å². The van der Waals surface area contributed by atoms with Crippen molar-refractivity contribution >= 4 is 17.3 Å². The predicted molar refractivity (Wildman–Crippen MR) is 67.9 cm³/mol. The molecule has 0 radical (unpaired) electrons. The van der Waals surface area contributed by atoms with E-state index in [1.807, 2.05) is 13.0 Å². The SMILES string of the molecule is CCNc1cc(Cl)cnc1OC1CC(OC)C1. The van der Waals surface area contributed by atoms with Crippen LogP contribution in [0.3, 0.4) is 0 Å². The van der Waals surface area contributed by atoms with Gasteiger partial charge in [0.2, 0.25) is 5.88 Å². The lowest BCUT2D eigenvalue weighted by Crippen LogP contribution is -2.39. The van der Waals surface area contributed by atoms with Gasteiger partial charge in [-0.15, -0.1) is 0 Å². The fourth-order valence-electron chi connectivity index (χ4n) is 1.80. The van der Waals surface area contributed by atoms with Crippen molar-refractivity contribution in [3.63, 3.8) is 0 Å². The second-order valence-corrected chi connectivity index (χ2v) is 4.54. The third-order valence-electron chi connectivity index (χ3n) is 2.85. The van der Waals surface area contributed by atoms with Gasteiger partial charge >= 0.3 is 0 Å². The van der Waals surface area contributed by atoms with E-state index in [4.69, 9.17) is 21.1 Å². The van der Waals surface area contributed by atoms with Crippen LogP contribution < -0.4 is 10.1 Å². The Kier molecular flexibility index (Phi) is 4.07. The number of anilines is 1. The summed E-state index contributed by atoms with van der Waals surface area (Å²) < 4.78 is 11.0. The third kappa shape index (κ3) is 3.01. The Labute approximate surface area is 106 Å². The average molecular weight is 257 g/mol. The number of rotatable bonds is 5. The zero-order chi connectivity index (χ0) is 12.3. The Bertz CT molecular complexity index is 381. The monoisotopic (exact) mass is 256 g/mol. The minimum absolute atomic E-state index is 0.200. The summed E-state index contributed by atoms with van der Waals surface area (Å²) in [4.78, 5) is 4.21. The van der Waals surface area contributed by atoms with E-state index in [0.29, 0.717) is 17.0 Å². The summed E-state index contributed by atoms with van der Waals surface area (Å²) in [6.07, 6.45) is 3.98. The van der Waals surface area contributed by atoms with E-state index in [2.05, 4.69) is 10.3 Å². The van der Waals surface area contributed by atoms with Crippen molar-refractivity contribution in [1.29, 1.82) is 0 Å². The van der Waals surface area contributed by atoms with Crippen LogP contribution in [0.4, 0.5) is 5.69 Å². The molecule has 0 bridgehead atoms. The number of pyridine rings is 1. The largest absolute Gasteiger partial charge is 0.473 e. The minimum Gasteiger partial charge on any atom is -0.473 e. The van der Waals surface area contributed by atoms with Crippen LogP contribution in [0, 0.1) is 0 Å². The molecule has 1 aliphatic rings. The van der Waals surface area contributed by atoms with Crippen LogP contribution in [-0.4, -0.2) is 30.8 Å². The molecule has 2 rings (SSSR count). The van der Waals surface area contributed by atoms with Crippen molar-refractivity contribution in [2.45, 2.75) is 32.0 Å². The molecule has 0 aliphatic heterocycles. The van der Waals surface area contributed by atoms with Gasteiger partial charge in [0, 0.05) is 32.7 Å². The van der Waals surface area contributed by atoms with Crippen LogP contribution >= 0.6 is 11.6 Å². The lowest BCUT2D eigenvalue weighted by molar-refractivity contribution is -0.0393. The van der Waals surface area contributed by atoms with Crippen molar-refractivity contribution in [3.8, 4) is 5.88 Å². The number of ether oxygens (including phenoxy) is 2. The minimum atomic E-state index is 0.200. The molecule has 0 spiro atoms. The molecule has 1 aromatic heterocycles. The van der Waals surface area contributed by atoms with Gasteiger partial charge in [0.05, 0.1) is 16.8 Å². The molecule has 5 heteroatoms. The van der Waals surface area contributed by atoms with Crippen LogP contribution in [0.15, 0.2) is 12.3 Å². The van der Waals surface area contributed by atoms with E-state index in [1.54, 1.807) is 13.3 Å². The Balaban J connectivity index is 2.00. The van der Waals surface area contributed by atoms with Crippen LogP contribution in [0.1, 0.15) is 19.8 Å². The van der Waals surface area contributed by atoms with Gasteiger partial charge in [0.15, 0.2) is 0 Å². The highest BCUT2D eigenvalue weighted by molar-refractivity contribution is 6.30. The lowest BCUT2D eigenvalue weighted by Gasteiger charge is -2.34. The molecule has 1 aromatic rings. The first kappa shape index (κ1) is 12.5. The van der Waals surface area contributed by atoms with E-state index in [9.17, 15) is 0 Å². The zero-order valence-electron chi connectivity index (χ0n) is 10.1. The molecule has 94 valence electrons. The van der Waals surface area contributed by atoms with Gasteiger partial charge < -0.3 is 14.8 Å². The van der Waals surface area contributed by atoms with Crippen LogP contribution in [0.2, 0.25) is 5.02 Å². The summed E-state index contributed by atoms with van der Waals surface area (Å²) in [6.45, 7) is 2.83. The highest BCUT2D eigenvalue weighted by atomic mass is 35.5. The van der Waals surface area contributed by atoms with Crippen molar-refractivity contribution in [2.75, 3.05) is 19.0 Å². The maximum Gasteiger partial charge on any atom is 0.237 e. The van der Waals surface area contributed by atoms with E-state index in [-0.39, 0.29) is 6.10 Å². The van der Waals surface area contributed by atoms with Gasteiger partial charge in [-0.05, 0) is 13.0 Å². The summed E-state index contributed by atoms with van der Waals surface area (Å²) in [7, 11) is 1.73. The van der Waals surface area contributed by atoms with Crippen molar-refractivity contribution in [1.82, 2.24) is 4.98 Å². The highest BCUT2D eigenvalue weighted by Gasteiger charge is 2.31. The third-order valence-corrected chi connectivity index (χ3v) is 3.05. The van der Waals surface area contributed by atoms with E-state index < -0.39 is 0 Å². The number of nitrogens with one attached hydrogen (secondary N) is 1. The number of hydrogen-bond acceptors (Lipinski definition) is 4. The van der Waals surface area contributed by atoms with Gasteiger partial charge in [-0.1, -0.05) is 11.6 Å². The highest BCUT2D eigenvalue weighted by Crippen LogP contribution is 2.31. The topological polar surface area (TPSA) is 43.4 Å². The van der Waals surface area contributed by atoms with Gasteiger partial charge in [0.25, 0.3) is 0 Å². The zero-order valence-corrected chi connectivity index (χ0v) is 10.8. The predicted octanol–water partition coefficient (Wildman–Crippen LogP) is 2.72. The molecule has 4 nitrogen and oxygen atoms in total. The van der Waals surface area contributed by atoms with Crippen LogP contribution in [0.25, 0.3) is 0 Å². The molecule has 0 saturated heterocycles. The van der Waals surface area contributed by atoms with Gasteiger partial charge in [-0.2, -0.15) is 0 Å². The fraction of sp³-hybridized carbons (Fsp3) is 0.583. The first-order valence-electron chi connectivity index (χ1n) is 5.81. The maximum atomic E-state index is 5.90. The molecule has 17 heavy (non-hydrogen) atoms. The Morgan fingerprint density at radius 1 is 1.47 bits per heavy atom. The number of hydrogen-bond donors (Lipinski definition) is 1. The summed E-state index contributed by atoms with van der Waals surface area (Å²) in [5.41, 5.74) is 0.848. The Morgan fingerprint density at radius 2 is 2.24 bits per heavy atom. The standard InChI is InChI=1S/C12H17ClN2O2/c1-3-14-11-4-8(13)7-15-12(11)17-10-5-9(6-10)16-2/h4,7,9-10,14H,3,5-6H2,1-2H3. The summed E-state index contributed by atoms with van der Waals surface area (Å²) >= 11 is 5.90. The second kappa shape index (κ2) is 5.56. The average Bonchev–Trinajstić information content (AvgIpc) is 2.25. The van der Waals surface area contributed by atoms with E-state index in [1.165, 1.54) is 0 Å². The van der Waals surface area contributed by atoms with Gasteiger partial charge in [0.1, 0.15) is 6.10 Å². The van der Waals surface area contributed by atoms with Crippen LogP contribution in [-0.2, 0) is 4.74 Å². The molecular weight excluding hydrogens is 240 g/mol. The normalized spacial score (nSPS) is 23.0. The summed E-state index contributed by atoms with van der Waals surface area (Å²) in [6, 6.07) is 1.83. The molecule has 1 N–H and O–H groups in total. The van der Waals surface area contributed by atoms with Crippen molar-refractivity contribution < 1.29 is 9.47 Å². The molecule has 0 atom stereocenters. The maximum absolute atomic E-state index is 5.90. The molecular formula is C12H17ClN2O2. The molecule has 1 aliphatic carbocycles. The fourth-order valence-corrected chi connectivity index (χ4v) is 1.96. The number of halogens is 1. The Hall–Kier alpha value is -1.00. The van der Waals surface area contributed by atoms with Crippen LogP contribution in [0.5, 0.6) is 5.88 Å².